The molecule has 12 rings (SSSR count). The normalized spacial score (nSPS) is 11.9. The number of hydrogen-bond donors (Lipinski definition) is 2. The Bertz CT molecular complexity index is 4290. The molecule has 6 aromatic carbocycles. The monoisotopic (exact) mass is 1490 g/mol. The molecule has 12 aromatic rings. The number of carbonyl (C=O) groups is 2. The van der Waals surface area contributed by atoms with E-state index in [1.165, 1.54) is 97.6 Å². The molecule has 0 spiro atoms. The molecule has 2 N–H and O–H groups in total. The number of aromatic nitrogens is 2. The number of hydrogen-bond acceptors (Lipinski definition) is 10. The standard InChI is InChI=1S/C33H30NOS.C28H20NOS.2C5H8O2.2Ir/c1-32(2,3)22-14-20(15-23(18-22)33(4,5)6)29-17-21-16-27(34-19-30(21)36-29)26-12-9-11-25-24-10-7-8-13-28(24)35-31(25)26;1-17(2)18-10-12-19(13-11-18)26-15-20-14-24(29-16-27(20)31-26)23-8-5-7-22-21-6-3-4-9-25(21)30-28(22)23;2*1-4(6)3-5(2)7;;/h7-11,13-19H,1-6H3;3-7,9-17H,1-2H3;2*3,6H,1-2H3;;/q2*-1;;;;. The maximum atomic E-state index is 10.0. The van der Waals surface area contributed by atoms with Gasteiger partial charge in [-0.15, -0.1) is 59.1 Å². The summed E-state index contributed by atoms with van der Waals surface area (Å²) in [5.74, 6) is 0.417. The van der Waals surface area contributed by atoms with Crippen molar-refractivity contribution >= 4 is 98.3 Å². The molecule has 2 radical (unpaired) electrons. The summed E-state index contributed by atoms with van der Waals surface area (Å²) in [5, 5.41) is 23.6. The van der Waals surface area contributed by atoms with Crippen LogP contribution in [0.2, 0.25) is 0 Å². The fraction of sp³-hybridized carbons (Fsp3) is 0.211. The second-order valence-electron chi connectivity index (χ2n) is 22.7. The Hall–Kier alpha value is -7.14. The van der Waals surface area contributed by atoms with Crippen molar-refractivity contribution < 1.29 is 68.8 Å². The maximum absolute atomic E-state index is 10.0. The molecule has 83 heavy (non-hydrogen) atoms. The summed E-state index contributed by atoms with van der Waals surface area (Å²) in [5.41, 5.74) is 13.8. The second kappa shape index (κ2) is 26.6. The average Bonchev–Trinajstić information content (AvgIpc) is 3.61. The number of nitrogens with zero attached hydrogens (tertiary/aromatic N) is 2. The molecule has 0 fully saturated rings. The molecule has 428 valence electrons. The van der Waals surface area contributed by atoms with Crippen LogP contribution in [-0.2, 0) is 60.6 Å². The van der Waals surface area contributed by atoms with E-state index in [0.717, 1.165) is 66.4 Å². The van der Waals surface area contributed by atoms with Crippen LogP contribution in [0.3, 0.4) is 0 Å². The number of fused-ring (bicyclic) bond motifs is 8. The predicted octanol–water partition coefficient (Wildman–Crippen LogP) is 20.4. The van der Waals surface area contributed by atoms with Gasteiger partial charge in [0.25, 0.3) is 0 Å². The minimum Gasteiger partial charge on any atom is -0.512 e. The fourth-order valence-corrected chi connectivity index (χ4v) is 11.5. The van der Waals surface area contributed by atoms with Gasteiger partial charge in [0.15, 0.2) is 11.6 Å². The summed E-state index contributed by atoms with van der Waals surface area (Å²) in [7, 11) is 0. The van der Waals surface area contributed by atoms with Crippen molar-refractivity contribution in [2.24, 2.45) is 0 Å². The number of allylic oxidation sites excluding steroid dienone is 4. The van der Waals surface area contributed by atoms with Crippen molar-refractivity contribution in [3.05, 3.63) is 204 Å². The average molecular weight is 1490 g/mol. The Morgan fingerprint density at radius 3 is 1.31 bits per heavy atom. The maximum Gasteiger partial charge on any atom is 0.155 e. The van der Waals surface area contributed by atoms with Gasteiger partial charge < -0.3 is 29.0 Å². The van der Waals surface area contributed by atoms with Crippen molar-refractivity contribution in [1.29, 1.82) is 0 Å². The topological polar surface area (TPSA) is 127 Å². The summed E-state index contributed by atoms with van der Waals surface area (Å²) in [6.07, 6.45) is 6.29. The number of aliphatic hydroxyl groups is 2. The first-order valence-electron chi connectivity index (χ1n) is 27.0. The van der Waals surface area contributed by atoms with E-state index in [1.54, 1.807) is 22.7 Å². The van der Waals surface area contributed by atoms with Gasteiger partial charge in [-0.05, 0) is 131 Å². The van der Waals surface area contributed by atoms with Crippen LogP contribution in [0, 0.1) is 12.1 Å². The van der Waals surface area contributed by atoms with Crippen molar-refractivity contribution in [3.63, 3.8) is 0 Å². The molecule has 12 heteroatoms. The van der Waals surface area contributed by atoms with Gasteiger partial charge in [0.2, 0.25) is 0 Å². The van der Waals surface area contributed by atoms with Crippen LogP contribution in [0.15, 0.2) is 184 Å². The number of furan rings is 2. The molecule has 0 unspecified atom stereocenters. The third-order valence-corrected chi connectivity index (χ3v) is 15.9. The number of ketones is 2. The first-order chi connectivity index (χ1) is 38.5. The molecule has 0 saturated carbocycles. The van der Waals surface area contributed by atoms with Crippen molar-refractivity contribution in [1.82, 2.24) is 9.97 Å². The third-order valence-electron chi connectivity index (χ3n) is 13.6. The predicted molar refractivity (Wildman–Crippen MR) is 339 cm³/mol. The van der Waals surface area contributed by atoms with E-state index in [2.05, 4.69) is 159 Å². The number of aliphatic hydroxyl groups excluding tert-OH is 2. The number of carbonyl (C=O) groups excluding carboxylic acids is 2. The molecule has 0 aliphatic heterocycles. The van der Waals surface area contributed by atoms with Crippen LogP contribution < -0.4 is 0 Å². The van der Waals surface area contributed by atoms with E-state index >= 15 is 0 Å². The molecule has 0 bridgehead atoms. The Balaban J connectivity index is 0.000000192. The van der Waals surface area contributed by atoms with Crippen molar-refractivity contribution in [2.45, 2.75) is 99.8 Å². The van der Waals surface area contributed by atoms with Gasteiger partial charge in [0.1, 0.15) is 11.2 Å². The Labute approximate surface area is 520 Å². The first-order valence-corrected chi connectivity index (χ1v) is 28.6. The van der Waals surface area contributed by atoms with Crippen LogP contribution in [0.1, 0.15) is 106 Å². The van der Waals surface area contributed by atoms with Crippen molar-refractivity contribution in [2.75, 3.05) is 0 Å². The summed E-state index contributed by atoms with van der Waals surface area (Å²) >= 11 is 3.58. The van der Waals surface area contributed by atoms with Gasteiger partial charge in [-0.2, -0.15) is 0 Å². The zero-order valence-electron chi connectivity index (χ0n) is 48.6. The van der Waals surface area contributed by atoms with Gasteiger partial charge in [0, 0.05) is 85.3 Å². The van der Waals surface area contributed by atoms with E-state index in [1.807, 2.05) is 60.9 Å². The Morgan fingerprint density at radius 2 is 0.940 bits per heavy atom. The van der Waals surface area contributed by atoms with Crippen molar-refractivity contribution in [3.8, 4) is 43.4 Å². The van der Waals surface area contributed by atoms with E-state index in [-0.39, 0.29) is 74.1 Å². The van der Waals surface area contributed by atoms with Gasteiger partial charge in [-0.1, -0.05) is 156 Å². The molecule has 0 aliphatic rings. The van der Waals surface area contributed by atoms with Crippen LogP contribution in [0.5, 0.6) is 0 Å². The van der Waals surface area contributed by atoms with Crippen LogP contribution in [0.4, 0.5) is 0 Å². The summed E-state index contributed by atoms with van der Waals surface area (Å²) in [6.45, 7) is 23.9. The number of rotatable bonds is 7. The number of thiophene rings is 2. The summed E-state index contributed by atoms with van der Waals surface area (Å²) in [4.78, 5) is 32.2. The molecule has 0 saturated heterocycles. The SMILES string of the molecule is CC(=O)C=C(C)O.CC(=O)C=C(C)O.CC(C)(C)c1cc(-c2cc3cc(-c4[c-]ccc5c4oc4ccccc45)ncc3s2)cc(C(C)(C)C)c1.CC(C)c1ccc(-c2cc3cc(-c4[c-]ccc5c4oc4ccccc45)ncc3s2)cc1.[Ir].[Ir]. The number of pyridine rings is 2. The van der Waals surface area contributed by atoms with Gasteiger partial charge in [0.05, 0.1) is 32.1 Å². The minimum absolute atomic E-state index is 0. The quantitative estimate of drug-likeness (QED) is 0.0918. The smallest absolute Gasteiger partial charge is 0.155 e. The molecular weight excluding hydrogens is 1430 g/mol. The van der Waals surface area contributed by atoms with E-state index in [4.69, 9.17) is 29.0 Å². The minimum atomic E-state index is -0.125. The first kappa shape index (κ1) is 63.4. The molecule has 6 heterocycles. The molecule has 0 amide bonds. The van der Waals surface area contributed by atoms with E-state index < -0.39 is 0 Å². The van der Waals surface area contributed by atoms with Gasteiger partial charge in [-0.3, -0.25) is 9.59 Å². The molecule has 8 nitrogen and oxygen atoms in total. The van der Waals surface area contributed by atoms with E-state index in [9.17, 15) is 9.59 Å². The fourth-order valence-electron chi connectivity index (χ4n) is 9.47. The zero-order chi connectivity index (χ0) is 57.9. The second-order valence-corrected chi connectivity index (χ2v) is 24.9. The number of para-hydroxylation sites is 2. The largest absolute Gasteiger partial charge is 0.512 e. The zero-order valence-corrected chi connectivity index (χ0v) is 55.0. The molecule has 0 atom stereocenters. The molecule has 0 aliphatic carbocycles. The molecular formula is C71H66Ir2N2O6S2-2. The van der Waals surface area contributed by atoms with E-state index in [0.29, 0.717) is 5.92 Å². The summed E-state index contributed by atoms with van der Waals surface area (Å²) < 4.78 is 14.8. The number of benzene rings is 6. The van der Waals surface area contributed by atoms with Crippen LogP contribution in [0.25, 0.3) is 107 Å². The van der Waals surface area contributed by atoms with Crippen LogP contribution >= 0.6 is 22.7 Å². The van der Waals surface area contributed by atoms with Crippen LogP contribution in [-0.4, -0.2) is 31.7 Å². The summed E-state index contributed by atoms with van der Waals surface area (Å²) in [6, 6.07) is 56.0. The Morgan fingerprint density at radius 1 is 0.530 bits per heavy atom. The molecule has 6 aromatic heterocycles. The third kappa shape index (κ3) is 15.0. The Kier molecular flexibility index (Phi) is 20.3. The van der Waals surface area contributed by atoms with Gasteiger partial charge >= 0.3 is 0 Å². The van der Waals surface area contributed by atoms with Gasteiger partial charge in [-0.25, -0.2) is 0 Å².